The van der Waals surface area contributed by atoms with Gasteiger partial charge in [0.1, 0.15) is 0 Å². The van der Waals surface area contributed by atoms with Gasteiger partial charge in [-0.05, 0) is 0 Å². The van der Waals surface area contributed by atoms with Crippen molar-refractivity contribution in [1.82, 2.24) is 0 Å². The molecule has 9 heteroatoms. The molecule has 0 spiro atoms. The van der Waals surface area contributed by atoms with Gasteiger partial charge < -0.3 is 1.43 Å². The Kier molecular flexibility index (Phi) is 11300. The summed E-state index contributed by atoms with van der Waals surface area (Å²) >= 11 is 0. The minimum Gasteiger partial charge on any atom is -1.00 e. The van der Waals surface area contributed by atoms with Crippen molar-refractivity contribution in [3.63, 3.8) is 0 Å². The summed E-state index contributed by atoms with van der Waals surface area (Å²) in [7, 11) is 0. The molecule has 0 aliphatic carbocycles. The molecule has 1 radical (unpaired) electrons. The van der Waals surface area contributed by atoms with Crippen LogP contribution in [0.3, 0.4) is 0 Å². The Balaban J connectivity index is -0.00000000321. The Bertz CT molecular complexity index is 108. The fraction of sp³-hybridized carbons (Fsp3) is 0. The van der Waals surface area contributed by atoms with Crippen LogP contribution in [0.5, 0.6) is 0 Å². The minimum absolute atomic E-state index is 0. The Labute approximate surface area is 135 Å². The second-order valence-electron chi connectivity index (χ2n) is 0. The molecule has 0 saturated heterocycles. The molecule has 0 rings (SSSR count). The van der Waals surface area contributed by atoms with Gasteiger partial charge in [0.15, 0.2) is 0 Å². The van der Waals surface area contributed by atoms with Gasteiger partial charge in [-0.2, -0.15) is 0 Å². The molecule has 0 aromatic heterocycles. The van der Waals surface area contributed by atoms with E-state index in [0.717, 1.165) is 0 Å². The second-order valence-corrected chi connectivity index (χ2v) is 0. The fourth-order valence-electron chi connectivity index (χ4n) is 0. The van der Waals surface area contributed by atoms with Crippen LogP contribution in [-0.4, -0.2) is 0 Å². The van der Waals surface area contributed by atoms with Gasteiger partial charge in [0.25, 0.3) is 0 Å². The molecule has 0 aliphatic heterocycles. The average molecular weight is 297 g/mol. The van der Waals surface area contributed by atoms with E-state index in [1.165, 1.54) is 0 Å². The molecule has 0 unspecified atom stereocenters. The third-order valence-corrected chi connectivity index (χ3v) is 0. The van der Waals surface area contributed by atoms with Crippen molar-refractivity contribution in [2.75, 3.05) is 0 Å². The number of rotatable bonds is 0. The maximum absolute atomic E-state index is 6.50. The second kappa shape index (κ2) is 1790. The molecule has 0 aliphatic rings. The molecule has 6 nitrogen and oxygen atoms in total. The summed E-state index contributed by atoms with van der Waals surface area (Å²) in [6.45, 7) is 21.0. The molecule has 15 heavy (non-hydrogen) atoms. The van der Waals surface area contributed by atoms with Crippen LogP contribution in [0.2, 0.25) is 0 Å². The Morgan fingerprint density at radius 3 is 0.467 bits per heavy atom. The van der Waals surface area contributed by atoms with Crippen molar-refractivity contribution >= 4 is 0 Å². The fourth-order valence-corrected chi connectivity index (χ4v) is 0. The normalized spacial score (nSPS) is 0.800. The zero-order chi connectivity index (χ0) is 12.0. The van der Waals surface area contributed by atoms with E-state index in [1.54, 1.807) is 0 Å². The molecule has 0 saturated carbocycles. The van der Waals surface area contributed by atoms with E-state index in [-0.39, 0.29) is 65.1 Å². The molecule has 0 atom stereocenters. The quantitative estimate of drug-likeness (QED) is 0.471. The maximum Gasteiger partial charge on any atom is 1.00 e. The van der Waals surface area contributed by atoms with E-state index >= 15 is 0 Å². The van der Waals surface area contributed by atoms with E-state index in [9.17, 15) is 0 Å². The van der Waals surface area contributed by atoms with Gasteiger partial charge in [0.2, 0.25) is 0 Å². The van der Waals surface area contributed by atoms with Crippen LogP contribution in [0.1, 0.15) is 1.43 Å². The van der Waals surface area contributed by atoms with Crippen molar-refractivity contribution in [2.45, 2.75) is 0 Å². The number of nitriles is 6. The molecular weight excluding hydrogens is 290 g/mol. The molecule has 77 valence electrons. The summed E-state index contributed by atoms with van der Waals surface area (Å²) in [5.41, 5.74) is 0. The first-order valence-electron chi connectivity index (χ1n) is 1.55. The maximum atomic E-state index is 6.50. The summed E-state index contributed by atoms with van der Waals surface area (Å²) in [5.74, 6) is 0. The smallest absolute Gasteiger partial charge is 1.00 e. The van der Waals surface area contributed by atoms with Crippen LogP contribution in [0, 0.1) is 71.0 Å². The number of hydrogen-bond donors (Lipinski definition) is 0. The minimum atomic E-state index is 0. The largest absolute Gasteiger partial charge is 1.00 e. The molecule has 0 heterocycles. The number of hydrogen-bond acceptors (Lipinski definition) is 6. The molecule has 0 N–H and O–H groups in total. The SMILES string of the molecule is C#N.C#N.C#N.C#N.C#N.C#N.[Fe].[H-].[Mn].[Na+]. The molecule has 0 aromatic rings. The molecule has 0 amide bonds. The summed E-state index contributed by atoms with van der Waals surface area (Å²) in [6.07, 6.45) is 0. The van der Waals surface area contributed by atoms with Crippen molar-refractivity contribution in [3.8, 4) is 39.4 Å². The third-order valence-electron chi connectivity index (χ3n) is 0. The zero-order valence-electron chi connectivity index (χ0n) is 8.88. The van der Waals surface area contributed by atoms with Crippen LogP contribution in [0.25, 0.3) is 0 Å². The Morgan fingerprint density at radius 1 is 0.467 bits per heavy atom. The van der Waals surface area contributed by atoms with Gasteiger partial charge in [-0.3, -0.25) is 0 Å². The van der Waals surface area contributed by atoms with Gasteiger partial charge in [-0.1, -0.05) is 0 Å². The molecule has 0 bridgehead atoms. The van der Waals surface area contributed by atoms with Gasteiger partial charge in [-0.25, -0.2) is 31.6 Å². The first-order valence-corrected chi connectivity index (χ1v) is 1.55. The first kappa shape index (κ1) is 95.0. The van der Waals surface area contributed by atoms with Crippen molar-refractivity contribution < 1.29 is 65.1 Å². The van der Waals surface area contributed by atoms with E-state index in [2.05, 4.69) is 39.4 Å². The van der Waals surface area contributed by atoms with Crippen LogP contribution < -0.4 is 29.6 Å². The summed E-state index contributed by atoms with van der Waals surface area (Å²) in [6, 6.07) is 0. The van der Waals surface area contributed by atoms with Gasteiger partial charge in [-0.15, -0.1) is 0 Å². The standard InChI is InChI=1S/6CHN.Fe.Mn.Na.H/c6*1-2;;;;/h6*1H;;;;/q;;;;;;;;+1;-1. The zero-order valence-corrected chi connectivity index (χ0v) is 12.2. The summed E-state index contributed by atoms with van der Waals surface area (Å²) in [4.78, 5) is 0. The van der Waals surface area contributed by atoms with E-state index in [0.29, 0.717) is 0 Å². The van der Waals surface area contributed by atoms with E-state index < -0.39 is 0 Å². The molecule has 0 fully saturated rings. The Morgan fingerprint density at radius 2 is 0.467 bits per heavy atom. The van der Waals surface area contributed by atoms with Crippen molar-refractivity contribution in [1.29, 1.82) is 31.6 Å². The van der Waals surface area contributed by atoms with E-state index in [4.69, 9.17) is 31.6 Å². The third kappa shape index (κ3) is 1500. The summed E-state index contributed by atoms with van der Waals surface area (Å²) < 4.78 is 0. The predicted molar refractivity (Wildman–Crippen MR) is 41.1 cm³/mol. The number of nitrogens with zero attached hydrogens (tertiary/aromatic N) is 6. The van der Waals surface area contributed by atoms with Crippen molar-refractivity contribution in [3.05, 3.63) is 0 Å². The molecular formula is C6H7FeMnN6Na. The van der Waals surface area contributed by atoms with Crippen LogP contribution in [0.15, 0.2) is 0 Å². The first-order chi connectivity index (χ1) is 6.00. The summed E-state index contributed by atoms with van der Waals surface area (Å²) in [5, 5.41) is 39.0. The monoisotopic (exact) mass is 297 g/mol. The Hall–Kier alpha value is -1.02. The van der Waals surface area contributed by atoms with Gasteiger partial charge >= 0.3 is 29.6 Å². The van der Waals surface area contributed by atoms with Crippen LogP contribution in [0.4, 0.5) is 0 Å². The van der Waals surface area contributed by atoms with Crippen LogP contribution in [-0.2, 0) is 34.1 Å². The van der Waals surface area contributed by atoms with Crippen molar-refractivity contribution in [2.24, 2.45) is 0 Å². The van der Waals surface area contributed by atoms with Gasteiger partial charge in [0.05, 0.1) is 0 Å². The van der Waals surface area contributed by atoms with Gasteiger partial charge in [0, 0.05) is 73.6 Å². The topological polar surface area (TPSA) is 143 Å². The predicted octanol–water partition coefficient (Wildman–Crippen LogP) is -2.05. The van der Waals surface area contributed by atoms with E-state index in [1.807, 2.05) is 0 Å². The van der Waals surface area contributed by atoms with Crippen LogP contribution >= 0.6 is 0 Å². The molecule has 0 aromatic carbocycles. The average Bonchev–Trinajstić information content (AvgIpc) is 2.33.